The average Bonchev–Trinajstić information content (AvgIpc) is 3.12. The van der Waals surface area contributed by atoms with Gasteiger partial charge in [0.1, 0.15) is 0 Å². The number of anilines is 1. The first kappa shape index (κ1) is 30.0. The van der Waals surface area contributed by atoms with Crippen LogP contribution in [0.25, 0.3) is 0 Å². The van der Waals surface area contributed by atoms with Crippen LogP contribution in [0, 0.1) is 5.41 Å². The van der Waals surface area contributed by atoms with E-state index in [1.165, 1.54) is 28.2 Å². The second kappa shape index (κ2) is 13.0. The van der Waals surface area contributed by atoms with Crippen LogP contribution < -0.4 is 10.2 Å². The first-order valence-corrected chi connectivity index (χ1v) is 14.2. The molecule has 3 rings (SSSR count). The predicted molar refractivity (Wildman–Crippen MR) is 163 cm³/mol. The molecule has 2 unspecified atom stereocenters. The standard InChI is InChI=1S/C34H50N2O2/c1-25(33(4,5)28-16-10-12-18-30(28)35-23-21-26(2)37-8)15-14-20-32-34(6,7)29-17-11-13-19-31(29)36(32)24-22-27(3)38-9/h10-11,13-17,19-20,26-27,35H,1,12,18,21-24H2,2-9H3/b15-14+,32-20+. The molecule has 4 heteroatoms. The van der Waals surface area contributed by atoms with E-state index in [1.54, 1.807) is 14.2 Å². The third-order valence-electron chi connectivity index (χ3n) is 8.45. The van der Waals surface area contributed by atoms with Gasteiger partial charge in [0.2, 0.25) is 0 Å². The molecule has 0 spiro atoms. The van der Waals surface area contributed by atoms with Gasteiger partial charge in [0, 0.05) is 55.2 Å². The van der Waals surface area contributed by atoms with Crippen molar-refractivity contribution in [3.63, 3.8) is 0 Å². The fourth-order valence-electron chi connectivity index (χ4n) is 5.42. The fourth-order valence-corrected chi connectivity index (χ4v) is 5.42. The Morgan fingerprint density at radius 2 is 1.82 bits per heavy atom. The summed E-state index contributed by atoms with van der Waals surface area (Å²) in [5.41, 5.74) is 7.51. The Balaban J connectivity index is 1.83. The number of nitrogens with zero attached hydrogens (tertiary/aromatic N) is 1. The third-order valence-corrected chi connectivity index (χ3v) is 8.45. The number of allylic oxidation sites excluding steroid dienone is 9. The monoisotopic (exact) mass is 518 g/mol. The van der Waals surface area contributed by atoms with Gasteiger partial charge in [-0.2, -0.15) is 0 Å². The molecular weight excluding hydrogens is 468 g/mol. The topological polar surface area (TPSA) is 33.7 Å². The van der Waals surface area contributed by atoms with Gasteiger partial charge in [-0.3, -0.25) is 0 Å². The number of ether oxygens (including phenoxy) is 2. The van der Waals surface area contributed by atoms with E-state index in [4.69, 9.17) is 9.47 Å². The molecule has 1 aliphatic carbocycles. The molecule has 0 fully saturated rings. The van der Waals surface area contributed by atoms with Crippen molar-refractivity contribution in [2.75, 3.05) is 32.2 Å². The maximum Gasteiger partial charge on any atom is 0.0560 e. The Morgan fingerprint density at radius 1 is 1.13 bits per heavy atom. The number of nitrogens with one attached hydrogen (secondary N) is 1. The van der Waals surface area contributed by atoms with Crippen molar-refractivity contribution < 1.29 is 9.47 Å². The van der Waals surface area contributed by atoms with E-state index in [2.05, 4.69) is 113 Å². The Bertz CT molecular complexity index is 1090. The summed E-state index contributed by atoms with van der Waals surface area (Å²) in [6.45, 7) is 19.8. The van der Waals surface area contributed by atoms with Crippen LogP contribution in [-0.4, -0.2) is 39.5 Å². The van der Waals surface area contributed by atoms with Crippen molar-refractivity contribution in [3.05, 3.63) is 89.3 Å². The summed E-state index contributed by atoms with van der Waals surface area (Å²) >= 11 is 0. The number of hydrogen-bond acceptors (Lipinski definition) is 4. The molecule has 1 aromatic rings. The zero-order valence-corrected chi connectivity index (χ0v) is 25.1. The van der Waals surface area contributed by atoms with E-state index in [-0.39, 0.29) is 23.0 Å². The molecule has 1 aromatic carbocycles. The lowest BCUT2D eigenvalue weighted by atomic mass is 9.74. The number of rotatable bonds is 13. The van der Waals surface area contributed by atoms with Crippen molar-refractivity contribution in [1.82, 2.24) is 5.32 Å². The molecule has 1 heterocycles. The van der Waals surface area contributed by atoms with Gasteiger partial charge in [0.15, 0.2) is 0 Å². The van der Waals surface area contributed by atoms with Gasteiger partial charge in [0.05, 0.1) is 12.2 Å². The highest BCUT2D eigenvalue weighted by atomic mass is 16.5. The largest absolute Gasteiger partial charge is 0.388 e. The van der Waals surface area contributed by atoms with Crippen molar-refractivity contribution in [1.29, 1.82) is 0 Å². The molecule has 0 saturated carbocycles. The summed E-state index contributed by atoms with van der Waals surface area (Å²) in [6, 6.07) is 8.79. The second-order valence-corrected chi connectivity index (χ2v) is 11.8. The van der Waals surface area contributed by atoms with Gasteiger partial charge in [-0.15, -0.1) is 0 Å². The minimum absolute atomic E-state index is 0.0703. The molecule has 0 radical (unpaired) electrons. The van der Waals surface area contributed by atoms with Crippen LogP contribution in [0.4, 0.5) is 5.69 Å². The molecule has 208 valence electrons. The SMILES string of the molecule is C=C(/C=C/C=C1/N(CCC(C)OC)c2ccccc2C1(C)C)C(C)(C)C1=C(NCCC(C)OC)CCC=C1. The van der Waals surface area contributed by atoms with Crippen molar-refractivity contribution in [2.45, 2.75) is 84.8 Å². The highest BCUT2D eigenvalue weighted by molar-refractivity contribution is 5.70. The van der Waals surface area contributed by atoms with E-state index in [0.717, 1.165) is 44.3 Å². The van der Waals surface area contributed by atoms with Gasteiger partial charge in [-0.1, -0.05) is 76.8 Å². The van der Waals surface area contributed by atoms with Crippen LogP contribution in [0.1, 0.15) is 72.8 Å². The van der Waals surface area contributed by atoms with Gasteiger partial charge in [-0.25, -0.2) is 0 Å². The van der Waals surface area contributed by atoms with E-state index in [0.29, 0.717) is 0 Å². The summed E-state index contributed by atoms with van der Waals surface area (Å²) in [5, 5.41) is 3.71. The number of para-hydroxylation sites is 1. The first-order valence-electron chi connectivity index (χ1n) is 14.2. The quantitative estimate of drug-likeness (QED) is 0.270. The third kappa shape index (κ3) is 6.71. The molecule has 1 N–H and O–H groups in total. The van der Waals surface area contributed by atoms with E-state index < -0.39 is 0 Å². The van der Waals surface area contributed by atoms with Crippen LogP contribution in [0.5, 0.6) is 0 Å². The minimum Gasteiger partial charge on any atom is -0.388 e. The van der Waals surface area contributed by atoms with Crippen LogP contribution in [-0.2, 0) is 14.9 Å². The summed E-state index contributed by atoms with van der Waals surface area (Å²) in [5.74, 6) is 0. The first-order chi connectivity index (χ1) is 18.0. The van der Waals surface area contributed by atoms with Gasteiger partial charge in [-0.05, 0) is 68.4 Å². The fraction of sp³-hybridized carbons (Fsp3) is 0.529. The second-order valence-electron chi connectivity index (χ2n) is 11.8. The maximum absolute atomic E-state index is 5.55. The summed E-state index contributed by atoms with van der Waals surface area (Å²) in [6.07, 6.45) is 15.8. The van der Waals surface area contributed by atoms with Crippen LogP contribution in [0.3, 0.4) is 0 Å². The Morgan fingerprint density at radius 3 is 2.53 bits per heavy atom. The number of hydrogen-bond donors (Lipinski definition) is 1. The van der Waals surface area contributed by atoms with Crippen molar-refractivity contribution in [3.8, 4) is 0 Å². The molecule has 0 amide bonds. The average molecular weight is 519 g/mol. The molecule has 4 nitrogen and oxygen atoms in total. The lowest BCUT2D eigenvalue weighted by Gasteiger charge is -2.32. The predicted octanol–water partition coefficient (Wildman–Crippen LogP) is 7.85. The Hall–Kier alpha value is -2.56. The molecular formula is C34H50N2O2. The van der Waals surface area contributed by atoms with Crippen LogP contribution in [0.15, 0.2) is 83.8 Å². The maximum atomic E-state index is 5.55. The number of fused-ring (bicyclic) bond motifs is 1. The Labute approximate surface area is 232 Å². The number of methoxy groups -OCH3 is 2. The lowest BCUT2D eigenvalue weighted by molar-refractivity contribution is 0.111. The lowest BCUT2D eigenvalue weighted by Crippen LogP contribution is -2.28. The zero-order chi connectivity index (χ0) is 27.9. The molecule has 1 aliphatic heterocycles. The summed E-state index contributed by atoms with van der Waals surface area (Å²) in [7, 11) is 3.57. The van der Waals surface area contributed by atoms with E-state index >= 15 is 0 Å². The van der Waals surface area contributed by atoms with Crippen LogP contribution >= 0.6 is 0 Å². The van der Waals surface area contributed by atoms with Crippen LogP contribution in [0.2, 0.25) is 0 Å². The van der Waals surface area contributed by atoms with Crippen molar-refractivity contribution >= 4 is 5.69 Å². The molecule has 2 atom stereocenters. The van der Waals surface area contributed by atoms with Gasteiger partial charge < -0.3 is 19.7 Å². The normalized spacial score (nSPS) is 19.8. The minimum atomic E-state index is -0.178. The molecule has 0 saturated heterocycles. The molecule has 0 aromatic heterocycles. The van der Waals surface area contributed by atoms with Gasteiger partial charge in [0.25, 0.3) is 0 Å². The van der Waals surface area contributed by atoms with E-state index in [1.807, 2.05) is 0 Å². The highest BCUT2D eigenvalue weighted by Gasteiger charge is 2.39. The smallest absolute Gasteiger partial charge is 0.0560 e. The summed E-state index contributed by atoms with van der Waals surface area (Å²) in [4.78, 5) is 2.47. The number of benzene rings is 1. The summed E-state index contributed by atoms with van der Waals surface area (Å²) < 4.78 is 11.0. The highest BCUT2D eigenvalue weighted by Crippen LogP contribution is 2.48. The van der Waals surface area contributed by atoms with Crippen molar-refractivity contribution in [2.24, 2.45) is 5.41 Å². The van der Waals surface area contributed by atoms with Gasteiger partial charge >= 0.3 is 0 Å². The molecule has 2 aliphatic rings. The molecule has 38 heavy (non-hydrogen) atoms. The zero-order valence-electron chi connectivity index (χ0n) is 25.1. The Kier molecular flexibility index (Phi) is 10.3. The van der Waals surface area contributed by atoms with E-state index in [9.17, 15) is 0 Å². The molecule has 0 bridgehead atoms.